The number of carbonyl (C=O) groups excluding carboxylic acids is 2. The quantitative estimate of drug-likeness (QED) is 0.402. The van der Waals surface area contributed by atoms with Crippen LogP contribution in [0.4, 0.5) is 4.79 Å². The van der Waals surface area contributed by atoms with Gasteiger partial charge in [0, 0.05) is 5.57 Å². The van der Waals surface area contributed by atoms with Gasteiger partial charge in [-0.1, -0.05) is 26.3 Å². The van der Waals surface area contributed by atoms with Crippen molar-refractivity contribution in [2.24, 2.45) is 0 Å². The second kappa shape index (κ2) is 9.69. The Morgan fingerprint density at radius 2 is 1.88 bits per heavy atom. The van der Waals surface area contributed by atoms with Crippen LogP contribution in [0.25, 0.3) is 0 Å². The van der Waals surface area contributed by atoms with Gasteiger partial charge in [0.05, 0.1) is 13.2 Å². The second-order valence-electron chi connectivity index (χ2n) is 3.69. The molecule has 5 nitrogen and oxygen atoms in total. The summed E-state index contributed by atoms with van der Waals surface area (Å²) >= 11 is 0. The first kappa shape index (κ1) is 15.5. The van der Waals surface area contributed by atoms with Gasteiger partial charge in [-0.15, -0.1) is 0 Å². The van der Waals surface area contributed by atoms with E-state index in [0.717, 1.165) is 19.3 Å². The topological polar surface area (TPSA) is 64.6 Å². The summed E-state index contributed by atoms with van der Waals surface area (Å²) in [4.78, 5) is 22.1. The largest absolute Gasteiger partial charge is 0.460 e. The summed E-state index contributed by atoms with van der Waals surface area (Å²) in [7, 11) is 0. The SMILES string of the molecule is C=C(C)C(=O)OCCNC(=O)OCCCCC. The van der Waals surface area contributed by atoms with Gasteiger partial charge < -0.3 is 14.8 Å². The molecule has 0 aliphatic carbocycles. The Bertz CT molecular complexity index is 263. The first-order chi connectivity index (χ1) is 8.07. The summed E-state index contributed by atoms with van der Waals surface area (Å²) in [5.74, 6) is -0.455. The fraction of sp³-hybridized carbons (Fsp3) is 0.667. The summed E-state index contributed by atoms with van der Waals surface area (Å²) in [5.41, 5.74) is 0.340. The van der Waals surface area contributed by atoms with Gasteiger partial charge in [0.15, 0.2) is 0 Å². The van der Waals surface area contributed by atoms with E-state index in [1.165, 1.54) is 0 Å². The number of amides is 1. The number of carbonyl (C=O) groups is 2. The minimum Gasteiger partial charge on any atom is -0.460 e. The molecule has 5 heteroatoms. The highest BCUT2D eigenvalue weighted by Crippen LogP contribution is 1.94. The molecule has 1 amide bonds. The Labute approximate surface area is 102 Å². The van der Waals surface area contributed by atoms with Gasteiger partial charge in [0.2, 0.25) is 0 Å². The first-order valence-corrected chi connectivity index (χ1v) is 5.81. The zero-order valence-electron chi connectivity index (χ0n) is 10.6. The van der Waals surface area contributed by atoms with E-state index in [2.05, 4.69) is 18.8 Å². The van der Waals surface area contributed by atoms with Crippen LogP contribution in [0.2, 0.25) is 0 Å². The number of ether oxygens (including phenoxy) is 2. The fourth-order valence-electron chi connectivity index (χ4n) is 0.988. The molecule has 0 spiro atoms. The van der Waals surface area contributed by atoms with Gasteiger partial charge in [-0.25, -0.2) is 9.59 Å². The first-order valence-electron chi connectivity index (χ1n) is 5.81. The summed E-state index contributed by atoms with van der Waals surface area (Å²) in [6.45, 7) is 7.87. The minimum atomic E-state index is -0.479. The standard InChI is InChI=1S/C12H21NO4/c1-4-5-6-8-17-12(15)13-7-9-16-11(14)10(2)3/h2,4-9H2,1,3H3,(H,13,15). The summed E-state index contributed by atoms with van der Waals surface area (Å²) in [6, 6.07) is 0. The van der Waals surface area contributed by atoms with Crippen molar-refractivity contribution in [1.29, 1.82) is 0 Å². The molecular formula is C12H21NO4. The number of hydrogen-bond acceptors (Lipinski definition) is 4. The highest BCUT2D eigenvalue weighted by Gasteiger charge is 2.04. The predicted octanol–water partition coefficient (Wildman–Crippen LogP) is 2.02. The third-order valence-corrected chi connectivity index (χ3v) is 1.93. The molecule has 0 aromatic rings. The second-order valence-corrected chi connectivity index (χ2v) is 3.69. The number of nitrogens with one attached hydrogen (secondary N) is 1. The molecular weight excluding hydrogens is 222 g/mol. The molecule has 0 radical (unpaired) electrons. The van der Waals surface area contributed by atoms with E-state index in [-0.39, 0.29) is 13.2 Å². The van der Waals surface area contributed by atoms with Crippen molar-refractivity contribution < 1.29 is 19.1 Å². The molecule has 0 rings (SSSR count). The molecule has 0 aromatic heterocycles. The van der Waals surface area contributed by atoms with Crippen LogP contribution in [0, 0.1) is 0 Å². The molecule has 0 atom stereocenters. The van der Waals surface area contributed by atoms with Crippen molar-refractivity contribution in [3.63, 3.8) is 0 Å². The van der Waals surface area contributed by atoms with Crippen molar-refractivity contribution in [3.8, 4) is 0 Å². The lowest BCUT2D eigenvalue weighted by Gasteiger charge is -2.07. The molecule has 0 aliphatic heterocycles. The van der Waals surface area contributed by atoms with E-state index in [0.29, 0.717) is 12.2 Å². The van der Waals surface area contributed by atoms with Crippen LogP contribution in [0.3, 0.4) is 0 Å². The van der Waals surface area contributed by atoms with Gasteiger partial charge in [-0.2, -0.15) is 0 Å². The molecule has 0 saturated carbocycles. The number of unbranched alkanes of at least 4 members (excludes halogenated alkanes) is 2. The highest BCUT2D eigenvalue weighted by atomic mass is 16.6. The molecule has 1 N–H and O–H groups in total. The molecule has 0 fully saturated rings. The van der Waals surface area contributed by atoms with E-state index in [4.69, 9.17) is 9.47 Å². The number of rotatable bonds is 8. The van der Waals surface area contributed by atoms with Crippen LogP contribution < -0.4 is 5.32 Å². The van der Waals surface area contributed by atoms with Gasteiger partial charge in [-0.05, 0) is 13.3 Å². The van der Waals surface area contributed by atoms with Gasteiger partial charge in [-0.3, -0.25) is 0 Å². The highest BCUT2D eigenvalue weighted by molar-refractivity contribution is 5.86. The summed E-state index contributed by atoms with van der Waals surface area (Å²) in [6.07, 6.45) is 2.52. The third-order valence-electron chi connectivity index (χ3n) is 1.93. The monoisotopic (exact) mass is 243 g/mol. The predicted molar refractivity (Wildman–Crippen MR) is 64.6 cm³/mol. The molecule has 0 unspecified atom stereocenters. The maximum absolute atomic E-state index is 11.1. The van der Waals surface area contributed by atoms with Crippen molar-refractivity contribution in [1.82, 2.24) is 5.32 Å². The van der Waals surface area contributed by atoms with Gasteiger partial charge in [0.25, 0.3) is 0 Å². The van der Waals surface area contributed by atoms with E-state index in [1.54, 1.807) is 6.92 Å². The van der Waals surface area contributed by atoms with Crippen molar-refractivity contribution >= 4 is 12.1 Å². The Kier molecular flexibility index (Phi) is 8.82. The molecule has 98 valence electrons. The fourth-order valence-corrected chi connectivity index (χ4v) is 0.988. The Balaban J connectivity index is 3.39. The Morgan fingerprint density at radius 3 is 2.47 bits per heavy atom. The number of esters is 1. The van der Waals surface area contributed by atoms with Gasteiger partial charge >= 0.3 is 12.1 Å². The molecule has 0 saturated heterocycles. The van der Waals surface area contributed by atoms with Crippen LogP contribution in [0.1, 0.15) is 33.1 Å². The summed E-state index contributed by atoms with van der Waals surface area (Å²) < 4.78 is 9.68. The maximum atomic E-state index is 11.1. The molecule has 17 heavy (non-hydrogen) atoms. The maximum Gasteiger partial charge on any atom is 0.407 e. The molecule has 0 aliphatic rings. The minimum absolute atomic E-state index is 0.121. The third kappa shape index (κ3) is 9.41. The van der Waals surface area contributed by atoms with Crippen LogP contribution in [0.5, 0.6) is 0 Å². The van der Waals surface area contributed by atoms with Crippen molar-refractivity contribution in [3.05, 3.63) is 12.2 Å². The van der Waals surface area contributed by atoms with E-state index in [1.807, 2.05) is 0 Å². The molecule has 0 bridgehead atoms. The van der Waals surface area contributed by atoms with E-state index < -0.39 is 12.1 Å². The van der Waals surface area contributed by atoms with Crippen LogP contribution in [-0.4, -0.2) is 31.8 Å². The van der Waals surface area contributed by atoms with Crippen LogP contribution >= 0.6 is 0 Å². The van der Waals surface area contributed by atoms with Crippen molar-refractivity contribution in [2.45, 2.75) is 33.1 Å². The van der Waals surface area contributed by atoms with Gasteiger partial charge in [0.1, 0.15) is 6.61 Å². The average molecular weight is 243 g/mol. The van der Waals surface area contributed by atoms with E-state index in [9.17, 15) is 9.59 Å². The average Bonchev–Trinajstić information content (AvgIpc) is 2.29. The lowest BCUT2D eigenvalue weighted by atomic mass is 10.3. The Morgan fingerprint density at radius 1 is 1.18 bits per heavy atom. The Hall–Kier alpha value is -1.52. The summed E-state index contributed by atoms with van der Waals surface area (Å²) in [5, 5.41) is 2.49. The molecule has 0 heterocycles. The lowest BCUT2D eigenvalue weighted by molar-refractivity contribution is -0.138. The number of alkyl carbamates (subject to hydrolysis) is 1. The van der Waals surface area contributed by atoms with Crippen LogP contribution in [0.15, 0.2) is 12.2 Å². The smallest absolute Gasteiger partial charge is 0.407 e. The lowest BCUT2D eigenvalue weighted by Crippen LogP contribution is -2.29. The van der Waals surface area contributed by atoms with Crippen LogP contribution in [-0.2, 0) is 14.3 Å². The van der Waals surface area contributed by atoms with E-state index >= 15 is 0 Å². The molecule has 0 aromatic carbocycles. The zero-order valence-corrected chi connectivity index (χ0v) is 10.6. The normalized spacial score (nSPS) is 9.53. The zero-order chi connectivity index (χ0) is 13.1. The van der Waals surface area contributed by atoms with Crippen molar-refractivity contribution in [2.75, 3.05) is 19.8 Å². The number of hydrogen-bond donors (Lipinski definition) is 1.